The van der Waals surface area contributed by atoms with Crippen molar-refractivity contribution >= 4 is 22.7 Å². The standard InChI is InChI=1S/C27H28N2OS/c1-18-14-19(2)16-22(15-18)29-25(30)23-8-6-7-9-24(23)28-26(29)31-17-20-10-12-21(13-11-20)27(3,4)5/h6-16H,17H2,1-5H3. The molecular weight excluding hydrogens is 400 g/mol. The van der Waals surface area contributed by atoms with Gasteiger partial charge in [-0.25, -0.2) is 4.98 Å². The van der Waals surface area contributed by atoms with Crippen molar-refractivity contribution in [3.05, 3.63) is 99.3 Å². The van der Waals surface area contributed by atoms with Gasteiger partial charge in [0, 0.05) is 5.75 Å². The molecule has 3 aromatic carbocycles. The van der Waals surface area contributed by atoms with Gasteiger partial charge in [-0.2, -0.15) is 0 Å². The van der Waals surface area contributed by atoms with Crippen molar-refractivity contribution in [1.82, 2.24) is 9.55 Å². The van der Waals surface area contributed by atoms with Crippen molar-refractivity contribution in [2.75, 3.05) is 0 Å². The third kappa shape index (κ3) is 4.59. The lowest BCUT2D eigenvalue weighted by atomic mass is 9.87. The zero-order valence-electron chi connectivity index (χ0n) is 18.8. The summed E-state index contributed by atoms with van der Waals surface area (Å²) in [5, 5.41) is 1.36. The van der Waals surface area contributed by atoms with Crippen LogP contribution in [0, 0.1) is 13.8 Å². The van der Waals surface area contributed by atoms with Crippen LogP contribution < -0.4 is 5.56 Å². The molecule has 0 radical (unpaired) electrons. The number of hydrogen-bond acceptors (Lipinski definition) is 3. The van der Waals surface area contributed by atoms with Gasteiger partial charge in [0.25, 0.3) is 5.56 Å². The number of thioether (sulfide) groups is 1. The van der Waals surface area contributed by atoms with Gasteiger partial charge in [-0.3, -0.25) is 9.36 Å². The summed E-state index contributed by atoms with van der Waals surface area (Å²) in [4.78, 5) is 18.3. The van der Waals surface area contributed by atoms with E-state index in [1.54, 1.807) is 16.3 Å². The molecule has 4 rings (SSSR count). The van der Waals surface area contributed by atoms with E-state index in [4.69, 9.17) is 4.98 Å². The normalized spacial score (nSPS) is 11.8. The predicted molar refractivity (Wildman–Crippen MR) is 132 cm³/mol. The minimum Gasteiger partial charge on any atom is -0.268 e. The monoisotopic (exact) mass is 428 g/mol. The molecule has 0 N–H and O–H groups in total. The van der Waals surface area contributed by atoms with Crippen LogP contribution in [0.3, 0.4) is 0 Å². The fraction of sp³-hybridized carbons (Fsp3) is 0.259. The van der Waals surface area contributed by atoms with Gasteiger partial charge in [0.05, 0.1) is 16.6 Å². The largest absolute Gasteiger partial charge is 0.268 e. The molecule has 1 aromatic heterocycles. The van der Waals surface area contributed by atoms with Gasteiger partial charge in [-0.05, 0) is 65.8 Å². The maximum atomic E-state index is 13.4. The fourth-order valence-corrected chi connectivity index (χ4v) is 4.73. The third-order valence-electron chi connectivity index (χ3n) is 5.40. The van der Waals surface area contributed by atoms with E-state index in [0.29, 0.717) is 10.5 Å². The molecule has 0 saturated heterocycles. The lowest BCUT2D eigenvalue weighted by molar-refractivity contribution is 0.590. The summed E-state index contributed by atoms with van der Waals surface area (Å²) < 4.78 is 1.76. The molecular formula is C27H28N2OS. The van der Waals surface area contributed by atoms with Gasteiger partial charge in [-0.1, -0.05) is 75.0 Å². The summed E-state index contributed by atoms with van der Waals surface area (Å²) in [7, 11) is 0. The first kappa shape index (κ1) is 21.4. The summed E-state index contributed by atoms with van der Waals surface area (Å²) in [5.74, 6) is 0.750. The Bertz CT molecular complexity index is 1280. The van der Waals surface area contributed by atoms with E-state index in [2.05, 4.69) is 65.0 Å². The molecule has 0 atom stereocenters. The van der Waals surface area contributed by atoms with Crippen LogP contribution in [-0.4, -0.2) is 9.55 Å². The highest BCUT2D eigenvalue weighted by molar-refractivity contribution is 7.98. The van der Waals surface area contributed by atoms with Gasteiger partial charge in [0.1, 0.15) is 0 Å². The lowest BCUT2D eigenvalue weighted by Crippen LogP contribution is -2.22. The van der Waals surface area contributed by atoms with Crippen molar-refractivity contribution in [3.63, 3.8) is 0 Å². The Kier molecular flexibility index (Phi) is 5.76. The Morgan fingerprint density at radius 1 is 0.903 bits per heavy atom. The van der Waals surface area contributed by atoms with E-state index in [9.17, 15) is 4.79 Å². The number of hydrogen-bond donors (Lipinski definition) is 0. The van der Waals surface area contributed by atoms with Gasteiger partial charge < -0.3 is 0 Å². The lowest BCUT2D eigenvalue weighted by Gasteiger charge is -2.19. The number of benzene rings is 3. The summed E-state index contributed by atoms with van der Waals surface area (Å²) in [6, 6.07) is 22.5. The molecule has 0 bridgehead atoms. The molecule has 0 spiro atoms. The smallest absolute Gasteiger partial charge is 0.266 e. The zero-order chi connectivity index (χ0) is 22.2. The summed E-state index contributed by atoms with van der Waals surface area (Å²) in [5.41, 5.74) is 6.50. The number of para-hydroxylation sites is 1. The molecule has 0 aliphatic heterocycles. The maximum Gasteiger partial charge on any atom is 0.266 e. The highest BCUT2D eigenvalue weighted by Crippen LogP contribution is 2.27. The summed E-state index contributed by atoms with van der Waals surface area (Å²) in [6.45, 7) is 10.8. The SMILES string of the molecule is Cc1cc(C)cc(-n2c(SCc3ccc(C(C)(C)C)cc3)nc3ccccc3c2=O)c1. The van der Waals surface area contributed by atoms with E-state index in [1.807, 2.05) is 36.4 Å². The van der Waals surface area contributed by atoms with Crippen molar-refractivity contribution in [2.45, 2.75) is 50.9 Å². The van der Waals surface area contributed by atoms with Crippen LogP contribution in [0.1, 0.15) is 43.0 Å². The topological polar surface area (TPSA) is 34.9 Å². The van der Waals surface area contributed by atoms with E-state index < -0.39 is 0 Å². The van der Waals surface area contributed by atoms with Crippen LogP contribution in [0.5, 0.6) is 0 Å². The van der Waals surface area contributed by atoms with Crippen molar-refractivity contribution < 1.29 is 0 Å². The molecule has 0 saturated carbocycles. The Balaban J connectivity index is 1.77. The first-order valence-corrected chi connectivity index (χ1v) is 11.5. The molecule has 0 unspecified atom stereocenters. The van der Waals surface area contributed by atoms with Crippen LogP contribution in [0.15, 0.2) is 76.7 Å². The fourth-order valence-electron chi connectivity index (χ4n) is 3.77. The van der Waals surface area contributed by atoms with Gasteiger partial charge >= 0.3 is 0 Å². The second-order valence-corrected chi connectivity index (χ2v) is 10.1. The van der Waals surface area contributed by atoms with Gasteiger partial charge in [0.15, 0.2) is 5.16 Å². The third-order valence-corrected chi connectivity index (χ3v) is 6.41. The Morgan fingerprint density at radius 3 is 2.19 bits per heavy atom. The molecule has 0 amide bonds. The zero-order valence-corrected chi connectivity index (χ0v) is 19.6. The average molecular weight is 429 g/mol. The highest BCUT2D eigenvalue weighted by atomic mass is 32.2. The predicted octanol–water partition coefficient (Wildman–Crippen LogP) is 6.59. The van der Waals surface area contributed by atoms with Gasteiger partial charge in [0.2, 0.25) is 0 Å². The molecule has 0 aliphatic carbocycles. The molecule has 0 fully saturated rings. The molecule has 1 heterocycles. The van der Waals surface area contributed by atoms with Crippen molar-refractivity contribution in [2.24, 2.45) is 0 Å². The minimum atomic E-state index is -0.0267. The minimum absolute atomic E-state index is 0.0267. The second kappa shape index (κ2) is 8.35. The van der Waals surface area contributed by atoms with Crippen molar-refractivity contribution in [3.8, 4) is 5.69 Å². The van der Waals surface area contributed by atoms with E-state index in [1.165, 1.54) is 11.1 Å². The van der Waals surface area contributed by atoms with Crippen molar-refractivity contribution in [1.29, 1.82) is 0 Å². The second-order valence-electron chi connectivity index (χ2n) is 9.13. The molecule has 4 heteroatoms. The number of aryl methyl sites for hydroxylation is 2. The molecule has 158 valence electrons. The number of nitrogens with zero attached hydrogens (tertiary/aromatic N) is 2. The average Bonchev–Trinajstić information content (AvgIpc) is 2.71. The van der Waals surface area contributed by atoms with E-state index in [-0.39, 0.29) is 11.0 Å². The number of fused-ring (bicyclic) bond motifs is 1. The number of rotatable bonds is 4. The Morgan fingerprint density at radius 2 is 1.55 bits per heavy atom. The summed E-state index contributed by atoms with van der Waals surface area (Å²) >= 11 is 1.60. The van der Waals surface area contributed by atoms with Crippen LogP contribution >= 0.6 is 11.8 Å². The summed E-state index contributed by atoms with van der Waals surface area (Å²) in [6.07, 6.45) is 0. The first-order valence-electron chi connectivity index (χ1n) is 10.5. The molecule has 4 aromatic rings. The Hall–Kier alpha value is -2.85. The maximum absolute atomic E-state index is 13.4. The van der Waals surface area contributed by atoms with Crippen LogP contribution in [0.4, 0.5) is 0 Å². The Labute approximate surface area is 188 Å². The van der Waals surface area contributed by atoms with Crippen LogP contribution in [-0.2, 0) is 11.2 Å². The highest BCUT2D eigenvalue weighted by Gasteiger charge is 2.15. The van der Waals surface area contributed by atoms with Crippen LogP contribution in [0.25, 0.3) is 16.6 Å². The van der Waals surface area contributed by atoms with Crippen LogP contribution in [0.2, 0.25) is 0 Å². The molecule has 3 nitrogen and oxygen atoms in total. The molecule has 31 heavy (non-hydrogen) atoms. The molecule has 0 aliphatic rings. The number of aromatic nitrogens is 2. The first-order chi connectivity index (χ1) is 14.7. The quantitative estimate of drug-likeness (QED) is 0.272. The van der Waals surface area contributed by atoms with E-state index >= 15 is 0 Å². The van der Waals surface area contributed by atoms with E-state index in [0.717, 1.165) is 28.1 Å². The van der Waals surface area contributed by atoms with Gasteiger partial charge in [-0.15, -0.1) is 0 Å².